The topological polar surface area (TPSA) is 77.1 Å². The number of fused-ring (bicyclic) bond motifs is 1. The van der Waals surface area contributed by atoms with Crippen molar-refractivity contribution in [3.8, 4) is 10.8 Å². The van der Waals surface area contributed by atoms with Gasteiger partial charge in [-0.2, -0.15) is 0 Å². The van der Waals surface area contributed by atoms with Crippen molar-refractivity contribution in [2.24, 2.45) is 0 Å². The molecule has 0 aliphatic carbocycles. The van der Waals surface area contributed by atoms with Crippen LogP contribution < -0.4 is 0 Å². The summed E-state index contributed by atoms with van der Waals surface area (Å²) in [6, 6.07) is 3.69. The molecule has 0 saturated carbocycles. The summed E-state index contributed by atoms with van der Waals surface area (Å²) in [7, 11) is 0. The summed E-state index contributed by atoms with van der Waals surface area (Å²) in [6.07, 6.45) is 8.28. The summed E-state index contributed by atoms with van der Waals surface area (Å²) in [5.41, 5.74) is 0.497. The van der Waals surface area contributed by atoms with Gasteiger partial charge in [-0.15, -0.1) is 21.5 Å². The number of piperidine rings is 1. The van der Waals surface area contributed by atoms with Gasteiger partial charge in [-0.05, 0) is 37.8 Å². The second kappa shape index (κ2) is 7.50. The molecule has 0 aromatic carbocycles. The van der Waals surface area contributed by atoms with Crippen molar-refractivity contribution in [1.82, 2.24) is 24.6 Å². The van der Waals surface area contributed by atoms with Crippen LogP contribution in [0.5, 0.6) is 0 Å². The first-order valence-corrected chi connectivity index (χ1v) is 10.9. The molecule has 1 amide bonds. The number of amides is 1. The molecule has 3 aromatic rings. The lowest BCUT2D eigenvalue weighted by Gasteiger charge is -2.32. The monoisotopic (exact) mass is 397 g/mol. The van der Waals surface area contributed by atoms with Crippen LogP contribution in [-0.4, -0.2) is 43.6 Å². The minimum atomic E-state index is -0.00522. The Morgan fingerprint density at radius 3 is 3.04 bits per heavy atom. The molecule has 146 valence electrons. The van der Waals surface area contributed by atoms with E-state index in [1.165, 1.54) is 30.6 Å². The Labute approximate surface area is 167 Å². The molecule has 0 spiro atoms. The highest BCUT2D eigenvalue weighted by molar-refractivity contribution is 7.13. The third kappa shape index (κ3) is 3.26. The number of carbonyl (C=O) groups excluding carboxylic acids is 1. The Balaban J connectivity index is 1.33. The Morgan fingerprint density at radius 1 is 1.18 bits per heavy atom. The fraction of sp³-hybridized carbons (Fsp3) is 0.500. The molecule has 0 bridgehead atoms. The van der Waals surface area contributed by atoms with E-state index in [9.17, 15) is 4.79 Å². The zero-order chi connectivity index (χ0) is 18.9. The summed E-state index contributed by atoms with van der Waals surface area (Å²) in [6.45, 7) is 2.45. The molecule has 2 aliphatic heterocycles. The zero-order valence-corrected chi connectivity index (χ0v) is 16.5. The molecule has 0 radical (unpaired) electrons. The fourth-order valence-corrected chi connectivity index (χ4v) is 4.99. The van der Waals surface area contributed by atoms with Gasteiger partial charge in [-0.3, -0.25) is 4.79 Å². The summed E-state index contributed by atoms with van der Waals surface area (Å²) in [4.78, 5) is 19.5. The zero-order valence-electron chi connectivity index (χ0n) is 15.7. The molecule has 2 aliphatic rings. The summed E-state index contributed by atoms with van der Waals surface area (Å²) < 4.78 is 7.70. The van der Waals surface area contributed by atoms with Gasteiger partial charge in [0.2, 0.25) is 0 Å². The number of nitrogens with zero attached hydrogens (tertiary/aromatic N) is 5. The number of likely N-dealkylation sites (tertiary alicyclic amines) is 1. The van der Waals surface area contributed by atoms with Gasteiger partial charge in [0.05, 0.1) is 6.26 Å². The minimum Gasteiger partial charge on any atom is -0.462 e. The van der Waals surface area contributed by atoms with Gasteiger partial charge < -0.3 is 13.9 Å². The van der Waals surface area contributed by atoms with Crippen LogP contribution in [0.3, 0.4) is 0 Å². The van der Waals surface area contributed by atoms with Crippen molar-refractivity contribution >= 4 is 17.2 Å². The molecule has 0 N–H and O–H groups in total. The minimum absolute atomic E-state index is 0.00522. The highest BCUT2D eigenvalue weighted by Gasteiger charge is 2.30. The van der Waals surface area contributed by atoms with Crippen molar-refractivity contribution in [2.45, 2.75) is 51.0 Å². The molecule has 8 heteroatoms. The Hall–Kier alpha value is -2.48. The molecule has 1 fully saturated rings. The first-order valence-electron chi connectivity index (χ1n) is 10.0. The van der Waals surface area contributed by atoms with Crippen molar-refractivity contribution in [2.75, 3.05) is 13.1 Å². The van der Waals surface area contributed by atoms with Crippen LogP contribution in [-0.2, 0) is 13.0 Å². The predicted octanol–water partition coefficient (Wildman–Crippen LogP) is 3.74. The normalized spacial score (nSPS) is 20.0. The fourth-order valence-electron chi connectivity index (χ4n) is 4.23. The lowest BCUT2D eigenvalue weighted by atomic mass is 9.96. The van der Waals surface area contributed by atoms with Gasteiger partial charge >= 0.3 is 0 Å². The summed E-state index contributed by atoms with van der Waals surface area (Å²) >= 11 is 1.44. The number of rotatable bonds is 3. The van der Waals surface area contributed by atoms with E-state index >= 15 is 0 Å². The number of aryl methyl sites for hydroxylation is 1. The average molecular weight is 398 g/mol. The summed E-state index contributed by atoms with van der Waals surface area (Å²) in [5.74, 6) is 3.11. The predicted molar refractivity (Wildman–Crippen MR) is 105 cm³/mol. The van der Waals surface area contributed by atoms with Crippen LogP contribution in [0.4, 0.5) is 0 Å². The van der Waals surface area contributed by atoms with E-state index in [0.717, 1.165) is 49.0 Å². The molecule has 3 aromatic heterocycles. The van der Waals surface area contributed by atoms with Crippen LogP contribution >= 0.6 is 11.3 Å². The summed E-state index contributed by atoms with van der Waals surface area (Å²) in [5, 5.41) is 11.5. The number of carbonyl (C=O) groups is 1. The quantitative estimate of drug-likeness (QED) is 0.673. The molecule has 1 atom stereocenters. The van der Waals surface area contributed by atoms with E-state index in [1.54, 1.807) is 6.26 Å². The number of aromatic nitrogens is 4. The van der Waals surface area contributed by atoms with Crippen molar-refractivity contribution in [3.63, 3.8) is 0 Å². The third-order valence-corrected chi connectivity index (χ3v) is 6.52. The lowest BCUT2D eigenvalue weighted by molar-refractivity contribution is 0.0698. The largest absolute Gasteiger partial charge is 0.462 e. The first kappa shape index (κ1) is 17.6. The van der Waals surface area contributed by atoms with Crippen molar-refractivity contribution in [1.29, 1.82) is 0 Å². The van der Waals surface area contributed by atoms with Gasteiger partial charge in [0.15, 0.2) is 10.8 Å². The third-order valence-electron chi connectivity index (χ3n) is 5.67. The standard InChI is InChI=1S/C20H23N5O2S/c26-20(15-13-28-19(21-15)16-7-5-11-27-16)24-9-4-6-14(12-24)18-23-22-17-8-2-1-3-10-25(17)18/h5,7,11,13-14H,1-4,6,8-10,12H2. The van der Waals surface area contributed by atoms with E-state index < -0.39 is 0 Å². The molecular weight excluding hydrogens is 374 g/mol. The number of hydrogen-bond donors (Lipinski definition) is 0. The molecule has 28 heavy (non-hydrogen) atoms. The molecule has 7 nitrogen and oxygen atoms in total. The maximum absolute atomic E-state index is 13.0. The molecule has 1 unspecified atom stereocenters. The van der Waals surface area contributed by atoms with E-state index in [4.69, 9.17) is 4.42 Å². The Bertz CT molecular complexity index is 961. The second-order valence-corrected chi connectivity index (χ2v) is 8.40. The lowest BCUT2D eigenvalue weighted by Crippen LogP contribution is -2.40. The SMILES string of the molecule is O=C(c1csc(-c2ccco2)n1)N1CCCC(c2nnc3n2CCCCC3)C1. The van der Waals surface area contributed by atoms with E-state index in [1.807, 2.05) is 22.4 Å². The van der Waals surface area contributed by atoms with Crippen LogP contribution in [0.25, 0.3) is 10.8 Å². The highest BCUT2D eigenvalue weighted by Crippen LogP contribution is 2.30. The first-order chi connectivity index (χ1) is 13.8. The van der Waals surface area contributed by atoms with Crippen molar-refractivity contribution in [3.05, 3.63) is 41.1 Å². The van der Waals surface area contributed by atoms with Crippen molar-refractivity contribution < 1.29 is 9.21 Å². The number of hydrogen-bond acceptors (Lipinski definition) is 6. The van der Waals surface area contributed by atoms with Gasteiger partial charge in [-0.1, -0.05) is 6.42 Å². The van der Waals surface area contributed by atoms with Crippen LogP contribution in [0.1, 0.15) is 60.2 Å². The Kier molecular flexibility index (Phi) is 4.72. The molecule has 1 saturated heterocycles. The Morgan fingerprint density at radius 2 is 2.14 bits per heavy atom. The van der Waals surface area contributed by atoms with E-state index in [-0.39, 0.29) is 11.8 Å². The molecule has 5 rings (SSSR count). The van der Waals surface area contributed by atoms with Crippen LogP contribution in [0.15, 0.2) is 28.2 Å². The van der Waals surface area contributed by atoms with Gasteiger partial charge in [0.25, 0.3) is 5.91 Å². The van der Waals surface area contributed by atoms with Gasteiger partial charge in [-0.25, -0.2) is 4.98 Å². The van der Waals surface area contributed by atoms with Gasteiger partial charge in [0.1, 0.15) is 17.3 Å². The molecule has 5 heterocycles. The second-order valence-electron chi connectivity index (χ2n) is 7.54. The van der Waals surface area contributed by atoms with Crippen LogP contribution in [0.2, 0.25) is 0 Å². The number of furan rings is 1. The maximum atomic E-state index is 13.0. The highest BCUT2D eigenvalue weighted by atomic mass is 32.1. The number of thiazole rings is 1. The van der Waals surface area contributed by atoms with E-state index in [0.29, 0.717) is 18.0 Å². The average Bonchev–Trinajstić information content (AvgIpc) is 3.46. The van der Waals surface area contributed by atoms with E-state index in [2.05, 4.69) is 19.7 Å². The molecular formula is C20H23N5O2S. The van der Waals surface area contributed by atoms with Gasteiger partial charge in [0, 0.05) is 37.4 Å². The maximum Gasteiger partial charge on any atom is 0.273 e. The smallest absolute Gasteiger partial charge is 0.273 e. The van der Waals surface area contributed by atoms with Crippen LogP contribution in [0, 0.1) is 0 Å².